The zero-order chi connectivity index (χ0) is 20.4. The van der Waals surface area contributed by atoms with Gasteiger partial charge in [-0.25, -0.2) is 4.98 Å². The lowest BCUT2D eigenvalue weighted by Crippen LogP contribution is -2.34. The molecule has 0 atom stereocenters. The Bertz CT molecular complexity index is 1190. The number of aromatic nitrogens is 2. The lowest BCUT2D eigenvalue weighted by Gasteiger charge is -2.12. The summed E-state index contributed by atoms with van der Waals surface area (Å²) in [6, 6.07) is 20.5. The molecule has 4 rings (SSSR count). The normalized spacial score (nSPS) is 10.7. The van der Waals surface area contributed by atoms with Crippen LogP contribution in [0.3, 0.4) is 0 Å². The molecule has 5 nitrogen and oxygen atoms in total. The number of fused-ring (bicyclic) bond motifs is 1. The molecule has 0 saturated heterocycles. The minimum atomic E-state index is -0.288. The molecular weight excluding hydrogens is 519 g/mol. The lowest BCUT2D eigenvalue weighted by atomic mass is 10.2. The maximum Gasteiger partial charge on any atom is 0.257 e. The van der Waals surface area contributed by atoms with Crippen molar-refractivity contribution in [3.05, 3.63) is 80.9 Å². The van der Waals surface area contributed by atoms with E-state index in [4.69, 9.17) is 23.8 Å². The first-order valence-electron chi connectivity index (χ1n) is 8.62. The molecule has 29 heavy (non-hydrogen) atoms. The number of hydrogen-bond donors (Lipinski definition) is 3. The molecule has 4 aromatic rings. The van der Waals surface area contributed by atoms with Crippen LogP contribution in [0.4, 0.5) is 5.69 Å². The highest BCUT2D eigenvalue weighted by Crippen LogP contribution is 2.28. The van der Waals surface area contributed by atoms with E-state index < -0.39 is 0 Å². The molecule has 144 valence electrons. The summed E-state index contributed by atoms with van der Waals surface area (Å²) < 4.78 is 1.05. The third kappa shape index (κ3) is 4.58. The largest absolute Gasteiger partial charge is 0.338 e. The molecule has 0 unspecified atom stereocenters. The van der Waals surface area contributed by atoms with Crippen LogP contribution < -0.4 is 10.6 Å². The number of hydrogen-bond acceptors (Lipinski definition) is 3. The van der Waals surface area contributed by atoms with Gasteiger partial charge in [-0.1, -0.05) is 23.7 Å². The average Bonchev–Trinajstić information content (AvgIpc) is 3.14. The Morgan fingerprint density at radius 3 is 2.59 bits per heavy atom. The number of nitrogens with zero attached hydrogens (tertiary/aromatic N) is 1. The zero-order valence-electron chi connectivity index (χ0n) is 14.9. The number of carbonyl (C=O) groups is 1. The van der Waals surface area contributed by atoms with Crippen LogP contribution in [0.2, 0.25) is 5.02 Å². The molecular formula is C21H14ClIN4OS. The molecule has 0 saturated carbocycles. The number of aromatic amines is 1. The number of amides is 1. The first kappa shape index (κ1) is 19.8. The smallest absolute Gasteiger partial charge is 0.257 e. The van der Waals surface area contributed by atoms with Crippen LogP contribution in [0.25, 0.3) is 22.4 Å². The van der Waals surface area contributed by atoms with Crippen molar-refractivity contribution in [2.45, 2.75) is 0 Å². The van der Waals surface area contributed by atoms with Crippen LogP contribution in [0.5, 0.6) is 0 Å². The fraction of sp³-hybridized carbons (Fsp3) is 0. The van der Waals surface area contributed by atoms with Crippen LogP contribution in [-0.4, -0.2) is 21.0 Å². The minimum absolute atomic E-state index is 0.164. The molecule has 0 aliphatic rings. The highest BCUT2D eigenvalue weighted by atomic mass is 127. The van der Waals surface area contributed by atoms with Crippen molar-refractivity contribution in [1.29, 1.82) is 0 Å². The van der Waals surface area contributed by atoms with E-state index in [0.29, 0.717) is 16.3 Å². The van der Waals surface area contributed by atoms with Gasteiger partial charge in [-0.3, -0.25) is 10.1 Å². The van der Waals surface area contributed by atoms with Crippen LogP contribution in [0.15, 0.2) is 66.7 Å². The molecule has 0 bridgehead atoms. The Morgan fingerprint density at radius 1 is 1.07 bits per heavy atom. The summed E-state index contributed by atoms with van der Waals surface area (Å²) in [4.78, 5) is 20.2. The predicted molar refractivity (Wildman–Crippen MR) is 129 cm³/mol. The highest BCUT2D eigenvalue weighted by Gasteiger charge is 2.12. The van der Waals surface area contributed by atoms with Gasteiger partial charge in [-0.2, -0.15) is 0 Å². The number of nitrogens with one attached hydrogen (secondary N) is 3. The molecule has 0 radical (unpaired) electrons. The van der Waals surface area contributed by atoms with Gasteiger partial charge in [-0.05, 0) is 89.4 Å². The van der Waals surface area contributed by atoms with Crippen LogP contribution in [0, 0.1) is 3.57 Å². The number of rotatable bonds is 3. The van der Waals surface area contributed by atoms with Gasteiger partial charge in [0.15, 0.2) is 5.11 Å². The number of H-pyrrole nitrogens is 1. The lowest BCUT2D eigenvalue weighted by molar-refractivity contribution is 0.0977. The summed E-state index contributed by atoms with van der Waals surface area (Å²) in [6.45, 7) is 0. The first-order valence-corrected chi connectivity index (χ1v) is 10.5. The topological polar surface area (TPSA) is 69.8 Å². The van der Waals surface area contributed by atoms with Crippen LogP contribution in [0.1, 0.15) is 10.4 Å². The first-order chi connectivity index (χ1) is 14.0. The number of carbonyl (C=O) groups excluding carboxylic acids is 1. The number of imidazole rings is 1. The van der Waals surface area contributed by atoms with Crippen molar-refractivity contribution < 1.29 is 4.79 Å². The van der Waals surface area contributed by atoms with Crippen LogP contribution >= 0.6 is 46.4 Å². The van der Waals surface area contributed by atoms with E-state index in [0.717, 1.165) is 26.0 Å². The van der Waals surface area contributed by atoms with Gasteiger partial charge in [0.2, 0.25) is 0 Å². The van der Waals surface area contributed by atoms with Crippen LogP contribution in [-0.2, 0) is 0 Å². The van der Waals surface area contributed by atoms with Gasteiger partial charge >= 0.3 is 0 Å². The van der Waals surface area contributed by atoms with Crippen molar-refractivity contribution in [1.82, 2.24) is 15.3 Å². The van der Waals surface area contributed by atoms with E-state index in [1.807, 2.05) is 48.5 Å². The van der Waals surface area contributed by atoms with Crippen molar-refractivity contribution >= 4 is 74.2 Å². The number of benzene rings is 3. The Kier molecular flexibility index (Phi) is 5.79. The molecule has 3 aromatic carbocycles. The molecule has 0 aliphatic heterocycles. The SMILES string of the molecule is O=C(NC(=S)Nc1cc(-c2nc3ccccc3[nH]2)ccc1Cl)c1ccc(I)cc1. The molecule has 1 amide bonds. The molecule has 0 fully saturated rings. The Morgan fingerprint density at radius 2 is 1.83 bits per heavy atom. The van der Waals surface area contributed by atoms with Crippen molar-refractivity contribution in [2.24, 2.45) is 0 Å². The van der Waals surface area contributed by atoms with Crippen molar-refractivity contribution in [3.63, 3.8) is 0 Å². The summed E-state index contributed by atoms with van der Waals surface area (Å²) in [7, 11) is 0. The molecule has 3 N–H and O–H groups in total. The summed E-state index contributed by atoms with van der Waals surface area (Å²) in [5, 5.41) is 6.31. The third-order valence-corrected chi connectivity index (χ3v) is 5.46. The fourth-order valence-corrected chi connectivity index (χ4v) is 3.52. The number of para-hydroxylation sites is 2. The van der Waals surface area contributed by atoms with E-state index in [9.17, 15) is 4.79 Å². The van der Waals surface area contributed by atoms with E-state index in [1.165, 1.54) is 0 Å². The average molecular weight is 533 g/mol. The number of anilines is 1. The van der Waals surface area contributed by atoms with E-state index >= 15 is 0 Å². The highest BCUT2D eigenvalue weighted by molar-refractivity contribution is 14.1. The number of halogens is 2. The molecule has 1 aromatic heterocycles. The van der Waals surface area contributed by atoms with Crippen molar-refractivity contribution in [3.8, 4) is 11.4 Å². The maximum absolute atomic E-state index is 12.3. The summed E-state index contributed by atoms with van der Waals surface area (Å²) >= 11 is 13.8. The fourth-order valence-electron chi connectivity index (χ4n) is 2.79. The molecule has 0 spiro atoms. The van der Waals surface area contributed by atoms with Gasteiger partial charge in [0.25, 0.3) is 5.91 Å². The standard InChI is InChI=1S/C21H14ClIN4OS/c22-15-10-7-13(19-24-16-3-1-2-4-17(16)25-19)11-18(15)26-21(29)27-20(28)12-5-8-14(23)9-6-12/h1-11H,(H,24,25)(H2,26,27,28,29). The van der Waals surface area contributed by atoms with Crippen molar-refractivity contribution in [2.75, 3.05) is 5.32 Å². The predicted octanol–water partition coefficient (Wildman–Crippen LogP) is 5.61. The molecule has 1 heterocycles. The molecule has 0 aliphatic carbocycles. The second kappa shape index (κ2) is 8.48. The maximum atomic E-state index is 12.3. The van der Waals surface area contributed by atoms with E-state index in [2.05, 4.69) is 43.2 Å². The Labute approximate surface area is 191 Å². The zero-order valence-corrected chi connectivity index (χ0v) is 18.6. The van der Waals surface area contributed by atoms with Gasteiger partial charge in [-0.15, -0.1) is 0 Å². The number of thiocarbonyl (C=S) groups is 1. The Hall–Kier alpha value is -2.49. The minimum Gasteiger partial charge on any atom is -0.338 e. The second-order valence-electron chi connectivity index (χ2n) is 6.21. The third-order valence-electron chi connectivity index (χ3n) is 4.21. The summed E-state index contributed by atoms with van der Waals surface area (Å²) in [5.41, 5.74) is 3.79. The monoisotopic (exact) mass is 532 g/mol. The summed E-state index contributed by atoms with van der Waals surface area (Å²) in [5.74, 6) is 0.434. The molecule has 8 heteroatoms. The second-order valence-corrected chi connectivity index (χ2v) is 8.27. The quantitative estimate of drug-likeness (QED) is 0.237. The van der Waals surface area contributed by atoms with Gasteiger partial charge < -0.3 is 10.3 Å². The Balaban J connectivity index is 1.52. The van der Waals surface area contributed by atoms with E-state index in [-0.39, 0.29) is 11.0 Å². The van der Waals surface area contributed by atoms with Gasteiger partial charge in [0.05, 0.1) is 21.7 Å². The van der Waals surface area contributed by atoms with Gasteiger partial charge in [0, 0.05) is 14.7 Å². The van der Waals surface area contributed by atoms with Gasteiger partial charge in [0.1, 0.15) is 5.82 Å². The summed E-state index contributed by atoms with van der Waals surface area (Å²) in [6.07, 6.45) is 0. The van der Waals surface area contributed by atoms with E-state index in [1.54, 1.807) is 18.2 Å².